The number of alkyl halides is 1. The van der Waals surface area contributed by atoms with Crippen LogP contribution in [-0.4, -0.2) is 32.8 Å². The SMILES string of the molecule is CC(C)Cn1ncnc1CC1(CBr)CCOC1C. The molecular formula is C13H22BrN3O. The largest absolute Gasteiger partial charge is 0.378 e. The van der Waals surface area contributed by atoms with Gasteiger partial charge in [0.2, 0.25) is 0 Å². The van der Waals surface area contributed by atoms with E-state index < -0.39 is 0 Å². The fraction of sp³-hybridized carbons (Fsp3) is 0.846. The quantitative estimate of drug-likeness (QED) is 0.784. The van der Waals surface area contributed by atoms with Gasteiger partial charge in [0, 0.05) is 30.3 Å². The number of hydrogen-bond donors (Lipinski definition) is 0. The van der Waals surface area contributed by atoms with Crippen molar-refractivity contribution >= 4 is 15.9 Å². The number of hydrogen-bond acceptors (Lipinski definition) is 3. The summed E-state index contributed by atoms with van der Waals surface area (Å²) in [6.45, 7) is 8.35. The predicted octanol–water partition coefficient (Wildman–Crippen LogP) is 2.67. The van der Waals surface area contributed by atoms with E-state index in [2.05, 4.69) is 46.8 Å². The van der Waals surface area contributed by atoms with Crippen molar-refractivity contribution in [2.45, 2.75) is 46.3 Å². The molecule has 1 fully saturated rings. The predicted molar refractivity (Wildman–Crippen MR) is 74.8 cm³/mol. The molecule has 0 spiro atoms. The minimum absolute atomic E-state index is 0.168. The zero-order chi connectivity index (χ0) is 13.2. The first-order valence-corrected chi connectivity index (χ1v) is 7.74. The van der Waals surface area contributed by atoms with Crippen LogP contribution >= 0.6 is 15.9 Å². The maximum atomic E-state index is 5.74. The van der Waals surface area contributed by atoms with Crippen LogP contribution in [0.5, 0.6) is 0 Å². The van der Waals surface area contributed by atoms with Gasteiger partial charge in [-0.05, 0) is 19.3 Å². The second-order valence-electron chi connectivity index (χ2n) is 5.69. The summed E-state index contributed by atoms with van der Waals surface area (Å²) < 4.78 is 7.78. The topological polar surface area (TPSA) is 39.9 Å². The van der Waals surface area contributed by atoms with E-state index in [4.69, 9.17) is 4.74 Å². The highest BCUT2D eigenvalue weighted by molar-refractivity contribution is 9.09. The highest BCUT2D eigenvalue weighted by atomic mass is 79.9. The van der Waals surface area contributed by atoms with E-state index in [1.807, 2.05) is 4.68 Å². The summed E-state index contributed by atoms with van der Waals surface area (Å²) in [5.41, 5.74) is 0.168. The molecule has 5 heteroatoms. The van der Waals surface area contributed by atoms with E-state index in [1.54, 1.807) is 6.33 Å². The van der Waals surface area contributed by atoms with Gasteiger partial charge in [-0.2, -0.15) is 5.10 Å². The van der Waals surface area contributed by atoms with Crippen LogP contribution < -0.4 is 0 Å². The molecule has 1 aliphatic heterocycles. The van der Waals surface area contributed by atoms with Gasteiger partial charge in [0.25, 0.3) is 0 Å². The van der Waals surface area contributed by atoms with Gasteiger partial charge >= 0.3 is 0 Å². The third-order valence-electron chi connectivity index (χ3n) is 3.84. The average molecular weight is 316 g/mol. The van der Waals surface area contributed by atoms with E-state index in [1.165, 1.54) is 0 Å². The maximum Gasteiger partial charge on any atom is 0.138 e. The smallest absolute Gasteiger partial charge is 0.138 e. The Morgan fingerprint density at radius 2 is 2.39 bits per heavy atom. The molecule has 1 aliphatic rings. The first-order chi connectivity index (χ1) is 8.57. The Morgan fingerprint density at radius 3 is 2.94 bits per heavy atom. The Bertz CT molecular complexity index is 393. The van der Waals surface area contributed by atoms with Gasteiger partial charge in [-0.25, -0.2) is 9.67 Å². The molecule has 0 aliphatic carbocycles. The summed E-state index contributed by atoms with van der Waals surface area (Å²) >= 11 is 3.66. The lowest BCUT2D eigenvalue weighted by molar-refractivity contribution is 0.0732. The summed E-state index contributed by atoms with van der Waals surface area (Å²) in [6.07, 6.45) is 3.97. The zero-order valence-electron chi connectivity index (χ0n) is 11.4. The molecular weight excluding hydrogens is 294 g/mol. The number of ether oxygens (including phenoxy) is 1. The minimum atomic E-state index is 0.168. The normalized spacial score (nSPS) is 28.2. The minimum Gasteiger partial charge on any atom is -0.378 e. The zero-order valence-corrected chi connectivity index (χ0v) is 13.0. The standard InChI is InChI=1S/C13H22BrN3O/c1-10(2)7-17-12(15-9-16-17)6-13(8-14)4-5-18-11(13)3/h9-11H,4-8H2,1-3H3. The van der Waals surface area contributed by atoms with Crippen molar-refractivity contribution < 1.29 is 4.74 Å². The molecule has 2 rings (SSSR count). The van der Waals surface area contributed by atoms with Crippen LogP contribution in [0.3, 0.4) is 0 Å². The van der Waals surface area contributed by atoms with E-state index in [0.717, 1.165) is 37.1 Å². The van der Waals surface area contributed by atoms with E-state index >= 15 is 0 Å². The molecule has 0 aromatic carbocycles. The van der Waals surface area contributed by atoms with Gasteiger partial charge in [-0.15, -0.1) is 0 Å². The number of rotatable bonds is 5. The summed E-state index contributed by atoms with van der Waals surface area (Å²) in [5.74, 6) is 1.67. The lowest BCUT2D eigenvalue weighted by Crippen LogP contribution is -2.34. The molecule has 0 radical (unpaired) electrons. The highest BCUT2D eigenvalue weighted by Crippen LogP contribution is 2.39. The van der Waals surface area contributed by atoms with Crippen LogP contribution in [0.25, 0.3) is 0 Å². The van der Waals surface area contributed by atoms with Gasteiger partial charge in [0.05, 0.1) is 6.10 Å². The van der Waals surface area contributed by atoms with Crippen molar-refractivity contribution in [3.8, 4) is 0 Å². The van der Waals surface area contributed by atoms with Crippen LogP contribution in [0.2, 0.25) is 0 Å². The monoisotopic (exact) mass is 315 g/mol. The fourth-order valence-corrected chi connectivity index (χ4v) is 3.45. The lowest BCUT2D eigenvalue weighted by Gasteiger charge is -2.29. The van der Waals surface area contributed by atoms with Gasteiger partial charge in [0.1, 0.15) is 12.2 Å². The first kappa shape index (κ1) is 14.0. The molecule has 2 atom stereocenters. The molecule has 0 amide bonds. The third kappa shape index (κ3) is 2.77. The Morgan fingerprint density at radius 1 is 1.61 bits per heavy atom. The van der Waals surface area contributed by atoms with Gasteiger partial charge in [0.15, 0.2) is 0 Å². The van der Waals surface area contributed by atoms with E-state index in [-0.39, 0.29) is 11.5 Å². The molecule has 0 saturated carbocycles. The molecule has 1 aromatic rings. The molecule has 1 aromatic heterocycles. The highest BCUT2D eigenvalue weighted by Gasteiger charge is 2.41. The molecule has 1 saturated heterocycles. The molecule has 2 unspecified atom stereocenters. The van der Waals surface area contributed by atoms with Crippen molar-refractivity contribution in [3.63, 3.8) is 0 Å². The van der Waals surface area contributed by atoms with Crippen LogP contribution in [-0.2, 0) is 17.7 Å². The van der Waals surface area contributed by atoms with E-state index in [9.17, 15) is 0 Å². The van der Waals surface area contributed by atoms with Crippen molar-refractivity contribution in [2.75, 3.05) is 11.9 Å². The Hall–Kier alpha value is -0.420. The Labute approximate surface area is 117 Å². The number of aromatic nitrogens is 3. The van der Waals surface area contributed by atoms with Crippen molar-refractivity contribution in [2.24, 2.45) is 11.3 Å². The van der Waals surface area contributed by atoms with Gasteiger partial charge in [-0.1, -0.05) is 29.8 Å². The van der Waals surface area contributed by atoms with E-state index in [0.29, 0.717) is 5.92 Å². The lowest BCUT2D eigenvalue weighted by atomic mass is 9.80. The molecule has 2 heterocycles. The Balaban J connectivity index is 2.15. The van der Waals surface area contributed by atoms with Crippen LogP contribution in [0, 0.1) is 11.3 Å². The maximum absolute atomic E-state index is 5.74. The molecule has 4 nitrogen and oxygen atoms in total. The summed E-state index contributed by atoms with van der Waals surface area (Å²) in [7, 11) is 0. The number of halogens is 1. The van der Waals surface area contributed by atoms with Gasteiger partial charge in [-0.3, -0.25) is 0 Å². The Kier molecular flexibility index (Phi) is 4.43. The molecule has 18 heavy (non-hydrogen) atoms. The van der Waals surface area contributed by atoms with Crippen molar-refractivity contribution in [1.29, 1.82) is 0 Å². The van der Waals surface area contributed by atoms with Crippen LogP contribution in [0.1, 0.15) is 33.0 Å². The van der Waals surface area contributed by atoms with Gasteiger partial charge < -0.3 is 4.74 Å². The fourth-order valence-electron chi connectivity index (χ4n) is 2.51. The second-order valence-corrected chi connectivity index (χ2v) is 6.25. The van der Waals surface area contributed by atoms with Crippen molar-refractivity contribution in [1.82, 2.24) is 14.8 Å². The second kappa shape index (κ2) is 5.70. The van der Waals surface area contributed by atoms with Crippen molar-refractivity contribution in [3.05, 3.63) is 12.2 Å². The molecule has 0 N–H and O–H groups in total. The summed E-state index contributed by atoms with van der Waals surface area (Å²) in [6, 6.07) is 0. The molecule has 0 bridgehead atoms. The number of nitrogens with zero attached hydrogens (tertiary/aromatic N) is 3. The third-order valence-corrected chi connectivity index (χ3v) is 4.96. The average Bonchev–Trinajstić information content (AvgIpc) is 2.88. The summed E-state index contributed by atoms with van der Waals surface area (Å²) in [4.78, 5) is 4.44. The first-order valence-electron chi connectivity index (χ1n) is 6.61. The van der Waals surface area contributed by atoms with Crippen LogP contribution in [0.15, 0.2) is 6.33 Å². The summed E-state index contributed by atoms with van der Waals surface area (Å²) in [5, 5.41) is 5.29. The molecule has 102 valence electrons. The van der Waals surface area contributed by atoms with Crippen LogP contribution in [0.4, 0.5) is 0 Å².